The second kappa shape index (κ2) is 9.29. The highest BCUT2D eigenvalue weighted by Crippen LogP contribution is 2.34. The molecule has 10 heteroatoms. The summed E-state index contributed by atoms with van der Waals surface area (Å²) in [4.78, 5) is 40.7. The number of anilines is 3. The van der Waals surface area contributed by atoms with Crippen LogP contribution in [-0.4, -0.2) is 41.6 Å². The topological polar surface area (TPSA) is 118 Å². The number of rotatable bonds is 5. The Morgan fingerprint density at radius 2 is 1.92 bits per heavy atom. The van der Waals surface area contributed by atoms with Crippen molar-refractivity contribution < 1.29 is 9.90 Å². The molecule has 0 atom stereocenters. The summed E-state index contributed by atoms with van der Waals surface area (Å²) in [5.74, 6) is 0.827. The molecule has 6 rings (SSSR count). The fourth-order valence-corrected chi connectivity index (χ4v) is 5.43. The van der Waals surface area contributed by atoms with E-state index in [-0.39, 0.29) is 18.1 Å². The summed E-state index contributed by atoms with van der Waals surface area (Å²) in [6.07, 6.45) is 10.7. The summed E-state index contributed by atoms with van der Waals surface area (Å²) in [5, 5.41) is 13.5. The van der Waals surface area contributed by atoms with Crippen LogP contribution in [0.1, 0.15) is 40.2 Å². The highest BCUT2D eigenvalue weighted by atomic mass is 16.3. The van der Waals surface area contributed by atoms with E-state index in [9.17, 15) is 14.7 Å². The van der Waals surface area contributed by atoms with Crippen molar-refractivity contribution in [2.24, 2.45) is 7.05 Å². The number of nitrogens with one attached hydrogen (secondary N) is 1. The molecular weight excluding hydrogens is 470 g/mol. The van der Waals surface area contributed by atoms with Crippen LogP contribution >= 0.6 is 0 Å². The van der Waals surface area contributed by atoms with Gasteiger partial charge in [0.1, 0.15) is 29.3 Å². The van der Waals surface area contributed by atoms with E-state index in [1.807, 2.05) is 6.07 Å². The highest BCUT2D eigenvalue weighted by Gasteiger charge is 2.32. The van der Waals surface area contributed by atoms with Gasteiger partial charge in [-0.05, 0) is 61.1 Å². The highest BCUT2D eigenvalue weighted by molar-refractivity contribution is 6.06. The van der Waals surface area contributed by atoms with Crippen LogP contribution in [0.4, 0.5) is 17.3 Å². The third-order valence-electron chi connectivity index (χ3n) is 7.21. The van der Waals surface area contributed by atoms with E-state index in [2.05, 4.69) is 24.8 Å². The first-order chi connectivity index (χ1) is 18.0. The van der Waals surface area contributed by atoms with Crippen molar-refractivity contribution in [3.8, 4) is 11.1 Å². The van der Waals surface area contributed by atoms with E-state index in [1.165, 1.54) is 22.2 Å². The zero-order chi connectivity index (χ0) is 25.5. The zero-order valence-electron chi connectivity index (χ0n) is 20.5. The Bertz CT molecular complexity index is 1560. The first kappa shape index (κ1) is 23.1. The van der Waals surface area contributed by atoms with Gasteiger partial charge in [0.05, 0.1) is 6.61 Å². The molecule has 0 spiro atoms. The minimum Gasteiger partial charge on any atom is -0.392 e. The number of carbonyl (C=O) groups is 1. The standard InChI is InChI=1S/C27H27N7O3/c1-32-14-18(12-21(26(32)36)31-24-7-8-28-16-30-24)19-6-9-29-25(20(19)15-35)34-11-10-33-22-5-3-2-4-17(22)13-23(33)27(34)37/h6-9,12-14,16,35H,2-5,10-11,15H2,1H3,(H,28,30,31). The van der Waals surface area contributed by atoms with Gasteiger partial charge >= 0.3 is 0 Å². The Hall–Kier alpha value is -4.31. The number of fused-ring (bicyclic) bond motifs is 3. The van der Waals surface area contributed by atoms with Crippen LogP contribution in [0.15, 0.2) is 54.0 Å². The zero-order valence-corrected chi connectivity index (χ0v) is 20.5. The molecule has 0 unspecified atom stereocenters. The predicted octanol–water partition coefficient (Wildman–Crippen LogP) is 2.81. The van der Waals surface area contributed by atoms with Crippen LogP contribution < -0.4 is 15.8 Å². The lowest BCUT2D eigenvalue weighted by molar-refractivity contribution is 0.0963. The molecule has 1 aliphatic carbocycles. The molecule has 2 N–H and O–H groups in total. The van der Waals surface area contributed by atoms with Crippen molar-refractivity contribution in [1.82, 2.24) is 24.1 Å². The number of aliphatic hydroxyl groups is 1. The van der Waals surface area contributed by atoms with Gasteiger partial charge in [0.25, 0.3) is 11.5 Å². The molecule has 1 amide bonds. The third kappa shape index (κ3) is 3.99. The van der Waals surface area contributed by atoms with Gasteiger partial charge in [0.15, 0.2) is 0 Å². The van der Waals surface area contributed by atoms with Crippen molar-refractivity contribution in [3.63, 3.8) is 0 Å². The summed E-state index contributed by atoms with van der Waals surface area (Å²) in [7, 11) is 1.67. The Labute approximate surface area is 213 Å². The van der Waals surface area contributed by atoms with E-state index < -0.39 is 0 Å². The quantitative estimate of drug-likeness (QED) is 0.435. The number of aromatic nitrogens is 5. The Balaban J connectivity index is 1.40. The molecule has 0 saturated carbocycles. The molecule has 4 aromatic heterocycles. The second-order valence-corrected chi connectivity index (χ2v) is 9.41. The molecule has 0 fully saturated rings. The first-order valence-electron chi connectivity index (χ1n) is 12.4. The van der Waals surface area contributed by atoms with Gasteiger partial charge in [-0.1, -0.05) is 0 Å². The number of amides is 1. The van der Waals surface area contributed by atoms with Crippen molar-refractivity contribution >= 4 is 23.2 Å². The Kier molecular flexibility index (Phi) is 5.80. The second-order valence-electron chi connectivity index (χ2n) is 9.41. The number of hydrogen-bond donors (Lipinski definition) is 2. The predicted molar refractivity (Wildman–Crippen MR) is 139 cm³/mol. The molecule has 0 aromatic carbocycles. The Morgan fingerprint density at radius 3 is 2.73 bits per heavy atom. The van der Waals surface area contributed by atoms with Gasteiger partial charge in [-0.2, -0.15) is 0 Å². The minimum atomic E-state index is -0.308. The maximum Gasteiger partial charge on any atom is 0.276 e. The number of aryl methyl sites for hydroxylation is 2. The fraction of sp³-hybridized carbons (Fsp3) is 0.296. The molecule has 0 radical (unpaired) electrons. The molecule has 4 aromatic rings. The van der Waals surface area contributed by atoms with Gasteiger partial charge in [0.2, 0.25) is 0 Å². The molecule has 0 bridgehead atoms. The molecule has 2 aliphatic rings. The lowest BCUT2D eigenvalue weighted by Gasteiger charge is -2.30. The summed E-state index contributed by atoms with van der Waals surface area (Å²) >= 11 is 0. The number of pyridine rings is 2. The van der Waals surface area contributed by atoms with E-state index in [4.69, 9.17) is 0 Å². The van der Waals surface area contributed by atoms with Crippen molar-refractivity contribution in [1.29, 1.82) is 0 Å². The number of nitrogens with zero attached hydrogens (tertiary/aromatic N) is 6. The molecule has 1 aliphatic heterocycles. The molecule has 10 nitrogen and oxygen atoms in total. The monoisotopic (exact) mass is 497 g/mol. The van der Waals surface area contributed by atoms with E-state index in [1.54, 1.807) is 48.7 Å². The third-order valence-corrected chi connectivity index (χ3v) is 7.21. The van der Waals surface area contributed by atoms with Crippen LogP contribution in [0.25, 0.3) is 11.1 Å². The van der Waals surface area contributed by atoms with Crippen LogP contribution in [0.3, 0.4) is 0 Å². The summed E-state index contributed by atoms with van der Waals surface area (Å²) in [6.45, 7) is 0.863. The van der Waals surface area contributed by atoms with Gasteiger partial charge in [-0.25, -0.2) is 15.0 Å². The van der Waals surface area contributed by atoms with Crippen molar-refractivity contribution in [2.75, 3.05) is 16.8 Å². The first-order valence-corrected chi connectivity index (χ1v) is 12.4. The molecule has 37 heavy (non-hydrogen) atoms. The van der Waals surface area contributed by atoms with Crippen LogP contribution in [0, 0.1) is 0 Å². The largest absolute Gasteiger partial charge is 0.392 e. The lowest BCUT2D eigenvalue weighted by Crippen LogP contribution is -2.41. The maximum absolute atomic E-state index is 13.6. The van der Waals surface area contributed by atoms with Gasteiger partial charge in [0, 0.05) is 55.5 Å². The number of hydrogen-bond acceptors (Lipinski definition) is 7. The Morgan fingerprint density at radius 1 is 1.05 bits per heavy atom. The molecule has 188 valence electrons. The summed E-state index contributed by atoms with van der Waals surface area (Å²) in [6, 6.07) is 7.22. The minimum absolute atomic E-state index is 0.105. The van der Waals surface area contributed by atoms with Crippen LogP contribution in [0.2, 0.25) is 0 Å². The molecular formula is C27H27N7O3. The van der Waals surface area contributed by atoms with Gasteiger partial charge < -0.3 is 19.6 Å². The number of carbonyl (C=O) groups excluding carboxylic acids is 1. The smallest absolute Gasteiger partial charge is 0.276 e. The lowest BCUT2D eigenvalue weighted by atomic mass is 9.98. The average molecular weight is 498 g/mol. The summed E-state index contributed by atoms with van der Waals surface area (Å²) in [5.41, 5.74) is 5.29. The van der Waals surface area contributed by atoms with E-state index in [0.29, 0.717) is 52.8 Å². The van der Waals surface area contributed by atoms with Crippen molar-refractivity contribution in [2.45, 2.75) is 38.8 Å². The van der Waals surface area contributed by atoms with Crippen LogP contribution in [0.5, 0.6) is 0 Å². The maximum atomic E-state index is 13.6. The molecule has 0 saturated heterocycles. The van der Waals surface area contributed by atoms with Crippen molar-refractivity contribution in [3.05, 3.63) is 82.1 Å². The van der Waals surface area contributed by atoms with E-state index >= 15 is 0 Å². The number of aliphatic hydroxyl groups excluding tert-OH is 1. The molecule has 5 heterocycles. The van der Waals surface area contributed by atoms with E-state index in [0.717, 1.165) is 25.7 Å². The SMILES string of the molecule is Cn1cc(-c2ccnc(N3CCn4c(cc5c4CCCC5)C3=O)c2CO)cc(Nc2ccncn2)c1=O. The van der Waals surface area contributed by atoms with Crippen LogP contribution in [-0.2, 0) is 33.0 Å². The van der Waals surface area contributed by atoms with Gasteiger partial charge in [-0.3, -0.25) is 14.5 Å². The normalized spacial score (nSPS) is 14.9. The fourth-order valence-electron chi connectivity index (χ4n) is 5.43. The summed E-state index contributed by atoms with van der Waals surface area (Å²) < 4.78 is 3.64. The van der Waals surface area contributed by atoms with Gasteiger partial charge in [-0.15, -0.1) is 0 Å². The average Bonchev–Trinajstić information content (AvgIpc) is 3.31.